The Morgan fingerprint density at radius 2 is 1.90 bits per heavy atom. The van der Waals surface area contributed by atoms with Gasteiger partial charge in [-0.25, -0.2) is 0 Å². The summed E-state index contributed by atoms with van der Waals surface area (Å²) in [6.07, 6.45) is 4.13. The average Bonchev–Trinajstić information content (AvgIpc) is 2.68. The summed E-state index contributed by atoms with van der Waals surface area (Å²) in [5, 5.41) is 2.95. The van der Waals surface area contributed by atoms with Gasteiger partial charge in [0.05, 0.1) is 0 Å². The highest BCUT2D eigenvalue weighted by Crippen LogP contribution is 2.16. The molecule has 114 valence electrons. The van der Waals surface area contributed by atoms with Crippen LogP contribution in [0.1, 0.15) is 43.7 Å². The van der Waals surface area contributed by atoms with Crippen molar-refractivity contribution in [1.29, 1.82) is 0 Å². The molecule has 0 saturated carbocycles. The highest BCUT2D eigenvalue weighted by atomic mass is 16.2. The lowest BCUT2D eigenvalue weighted by Crippen LogP contribution is -2.46. The average molecular weight is 288 g/mol. The van der Waals surface area contributed by atoms with E-state index < -0.39 is 0 Å². The summed E-state index contributed by atoms with van der Waals surface area (Å²) in [6, 6.07) is 7.93. The first-order chi connectivity index (χ1) is 10.1. The number of hydrogen-bond acceptors (Lipinski definition) is 2. The van der Waals surface area contributed by atoms with E-state index in [9.17, 15) is 9.59 Å². The van der Waals surface area contributed by atoms with Gasteiger partial charge >= 0.3 is 0 Å². The smallest absolute Gasteiger partial charge is 0.243 e. The second-order valence-electron chi connectivity index (χ2n) is 5.65. The molecule has 1 aromatic rings. The van der Waals surface area contributed by atoms with Crippen LogP contribution in [0.15, 0.2) is 24.3 Å². The molecule has 1 aromatic carbocycles. The van der Waals surface area contributed by atoms with Gasteiger partial charge < -0.3 is 10.2 Å². The number of amides is 2. The largest absolute Gasteiger partial charge is 0.350 e. The number of hydrogen-bond donors (Lipinski definition) is 1. The minimum atomic E-state index is -0.324. The third-order valence-corrected chi connectivity index (χ3v) is 4.18. The molecule has 2 amide bonds. The quantitative estimate of drug-likeness (QED) is 0.924. The molecule has 1 aliphatic rings. The fraction of sp³-hybridized carbons (Fsp3) is 0.529. The van der Waals surface area contributed by atoms with Gasteiger partial charge in [-0.1, -0.05) is 37.6 Å². The van der Waals surface area contributed by atoms with Crippen molar-refractivity contribution in [2.75, 3.05) is 7.05 Å². The molecule has 0 aliphatic carbocycles. The minimum absolute atomic E-state index is 0.0488. The lowest BCUT2D eigenvalue weighted by atomic mass is 10.1. The van der Waals surface area contributed by atoms with Gasteiger partial charge in [0, 0.05) is 20.0 Å². The van der Waals surface area contributed by atoms with Crippen LogP contribution in [0.2, 0.25) is 0 Å². The number of nitrogens with one attached hydrogen (secondary N) is 1. The Balaban J connectivity index is 1.92. The van der Waals surface area contributed by atoms with E-state index in [0.29, 0.717) is 13.0 Å². The van der Waals surface area contributed by atoms with E-state index in [1.807, 2.05) is 12.1 Å². The van der Waals surface area contributed by atoms with Crippen LogP contribution in [-0.4, -0.2) is 29.8 Å². The van der Waals surface area contributed by atoms with E-state index >= 15 is 0 Å². The maximum absolute atomic E-state index is 12.3. The molecule has 1 atom stereocenters. The van der Waals surface area contributed by atoms with Crippen molar-refractivity contribution in [3.63, 3.8) is 0 Å². The third-order valence-electron chi connectivity index (χ3n) is 4.18. The normalized spacial score (nSPS) is 19.2. The van der Waals surface area contributed by atoms with E-state index in [4.69, 9.17) is 0 Å². The number of aryl methyl sites for hydroxylation is 1. The highest BCUT2D eigenvalue weighted by molar-refractivity contribution is 5.87. The SMILES string of the molecule is CCc1ccc(CNC(=O)[C@@H]2CCCCC(=O)N2C)cc1. The van der Waals surface area contributed by atoms with Crippen LogP contribution >= 0.6 is 0 Å². The number of nitrogens with zero attached hydrogens (tertiary/aromatic N) is 1. The highest BCUT2D eigenvalue weighted by Gasteiger charge is 2.28. The van der Waals surface area contributed by atoms with E-state index in [-0.39, 0.29) is 17.9 Å². The van der Waals surface area contributed by atoms with E-state index in [1.54, 1.807) is 11.9 Å². The zero-order valence-electron chi connectivity index (χ0n) is 12.9. The van der Waals surface area contributed by atoms with Crippen LogP contribution < -0.4 is 5.32 Å². The van der Waals surface area contributed by atoms with E-state index in [2.05, 4.69) is 24.4 Å². The summed E-state index contributed by atoms with van der Waals surface area (Å²) < 4.78 is 0. The maximum Gasteiger partial charge on any atom is 0.243 e. The van der Waals surface area contributed by atoms with Crippen molar-refractivity contribution < 1.29 is 9.59 Å². The third kappa shape index (κ3) is 4.06. The van der Waals surface area contributed by atoms with E-state index in [1.165, 1.54) is 5.56 Å². The Labute approximate surface area is 126 Å². The molecular weight excluding hydrogens is 264 g/mol. The first kappa shape index (κ1) is 15.5. The summed E-state index contributed by atoms with van der Waals surface area (Å²) in [7, 11) is 1.73. The van der Waals surface area contributed by atoms with Gasteiger partial charge in [0.2, 0.25) is 11.8 Å². The zero-order chi connectivity index (χ0) is 15.2. The second kappa shape index (κ2) is 7.25. The standard InChI is InChI=1S/C17H24N2O2/c1-3-13-8-10-14(11-9-13)12-18-17(21)15-6-4-5-7-16(20)19(15)2/h8-11,15H,3-7,12H2,1-2H3,(H,18,21)/t15-/m0/s1. The Bertz CT molecular complexity index is 496. The lowest BCUT2D eigenvalue weighted by molar-refractivity contribution is -0.138. The minimum Gasteiger partial charge on any atom is -0.350 e. The molecule has 2 rings (SSSR count). The second-order valence-corrected chi connectivity index (χ2v) is 5.65. The number of benzene rings is 1. The summed E-state index contributed by atoms with van der Waals surface area (Å²) in [5.41, 5.74) is 2.38. The number of likely N-dealkylation sites (N-methyl/N-ethyl adjacent to an activating group) is 1. The molecule has 1 fully saturated rings. The van der Waals surface area contributed by atoms with Gasteiger partial charge in [0.15, 0.2) is 0 Å². The molecule has 0 unspecified atom stereocenters. The van der Waals surface area contributed by atoms with Crippen LogP contribution in [0.3, 0.4) is 0 Å². The first-order valence-electron chi connectivity index (χ1n) is 7.73. The fourth-order valence-corrected chi connectivity index (χ4v) is 2.66. The fourth-order valence-electron chi connectivity index (χ4n) is 2.66. The molecule has 1 saturated heterocycles. The molecule has 4 nitrogen and oxygen atoms in total. The van der Waals surface area contributed by atoms with Crippen LogP contribution in [0.4, 0.5) is 0 Å². The molecule has 1 heterocycles. The lowest BCUT2D eigenvalue weighted by Gasteiger charge is -2.25. The molecular formula is C17H24N2O2. The predicted octanol–water partition coefficient (Wildman–Crippen LogP) is 2.27. The summed E-state index contributed by atoms with van der Waals surface area (Å²) in [5.74, 6) is 0.0206. The summed E-state index contributed by atoms with van der Waals surface area (Å²) in [4.78, 5) is 25.7. The monoisotopic (exact) mass is 288 g/mol. The molecule has 1 aliphatic heterocycles. The van der Waals surface area contributed by atoms with Crippen molar-refractivity contribution in [2.24, 2.45) is 0 Å². The van der Waals surface area contributed by atoms with E-state index in [0.717, 1.165) is 31.2 Å². The van der Waals surface area contributed by atoms with Crippen LogP contribution in [0.5, 0.6) is 0 Å². The number of likely N-dealkylation sites (tertiary alicyclic amines) is 1. The number of carbonyl (C=O) groups is 2. The van der Waals surface area contributed by atoms with Crippen LogP contribution in [-0.2, 0) is 22.6 Å². The Morgan fingerprint density at radius 3 is 2.57 bits per heavy atom. The van der Waals surface area contributed by atoms with Gasteiger partial charge in [-0.2, -0.15) is 0 Å². The van der Waals surface area contributed by atoms with Crippen molar-refractivity contribution >= 4 is 11.8 Å². The molecule has 0 bridgehead atoms. The number of rotatable bonds is 4. The molecule has 1 N–H and O–H groups in total. The molecule has 21 heavy (non-hydrogen) atoms. The maximum atomic E-state index is 12.3. The topological polar surface area (TPSA) is 49.4 Å². The Hall–Kier alpha value is -1.84. The molecule has 0 spiro atoms. The summed E-state index contributed by atoms with van der Waals surface area (Å²) >= 11 is 0. The van der Waals surface area contributed by atoms with Gasteiger partial charge in [0.25, 0.3) is 0 Å². The molecule has 0 aromatic heterocycles. The first-order valence-corrected chi connectivity index (χ1v) is 7.73. The number of carbonyl (C=O) groups excluding carboxylic acids is 2. The van der Waals surface area contributed by atoms with Crippen molar-refractivity contribution in [2.45, 2.75) is 51.6 Å². The van der Waals surface area contributed by atoms with Crippen molar-refractivity contribution in [3.8, 4) is 0 Å². The predicted molar refractivity (Wildman–Crippen MR) is 82.7 cm³/mol. The van der Waals surface area contributed by atoms with Crippen molar-refractivity contribution in [3.05, 3.63) is 35.4 Å². The Morgan fingerprint density at radius 1 is 1.24 bits per heavy atom. The van der Waals surface area contributed by atoms with Crippen LogP contribution in [0, 0.1) is 0 Å². The zero-order valence-corrected chi connectivity index (χ0v) is 12.9. The Kier molecular flexibility index (Phi) is 5.37. The van der Waals surface area contributed by atoms with Gasteiger partial charge in [-0.05, 0) is 30.4 Å². The van der Waals surface area contributed by atoms with Gasteiger partial charge in [-0.3, -0.25) is 9.59 Å². The summed E-state index contributed by atoms with van der Waals surface area (Å²) in [6.45, 7) is 2.64. The molecule has 4 heteroatoms. The van der Waals surface area contributed by atoms with Gasteiger partial charge in [-0.15, -0.1) is 0 Å². The molecule has 0 radical (unpaired) electrons. The van der Waals surface area contributed by atoms with Gasteiger partial charge in [0.1, 0.15) is 6.04 Å². The van der Waals surface area contributed by atoms with Crippen LogP contribution in [0.25, 0.3) is 0 Å². The van der Waals surface area contributed by atoms with Crippen molar-refractivity contribution in [1.82, 2.24) is 10.2 Å².